The molecule has 1 aromatic rings. The Kier molecular flexibility index (Phi) is 9.36. The summed E-state index contributed by atoms with van der Waals surface area (Å²) in [6, 6.07) is 4.89. The third kappa shape index (κ3) is 6.40. The molecule has 0 aromatic heterocycles. The van der Waals surface area contributed by atoms with E-state index >= 15 is 0 Å². The Balaban J connectivity index is 0.00000288. The van der Waals surface area contributed by atoms with Crippen LogP contribution in [0, 0.1) is 11.2 Å². The number of hydrogen-bond donors (Lipinski definition) is 3. The summed E-state index contributed by atoms with van der Waals surface area (Å²) in [5, 5.41) is 15.9. The van der Waals surface area contributed by atoms with Crippen LogP contribution in [0.15, 0.2) is 23.2 Å². The van der Waals surface area contributed by atoms with Crippen molar-refractivity contribution >= 4 is 41.7 Å². The number of thioether (sulfide) groups is 1. The van der Waals surface area contributed by atoms with Crippen LogP contribution in [0.3, 0.4) is 0 Å². The van der Waals surface area contributed by atoms with Crippen molar-refractivity contribution in [2.45, 2.75) is 32.1 Å². The van der Waals surface area contributed by atoms with Gasteiger partial charge in [0.05, 0.1) is 13.2 Å². The minimum absolute atomic E-state index is 0. The van der Waals surface area contributed by atoms with Gasteiger partial charge in [-0.05, 0) is 49.3 Å². The molecule has 0 unspecified atom stereocenters. The molecule has 0 bridgehead atoms. The summed E-state index contributed by atoms with van der Waals surface area (Å²) in [6.45, 7) is 4.26. The van der Waals surface area contributed by atoms with Crippen LogP contribution in [0.25, 0.3) is 0 Å². The summed E-state index contributed by atoms with van der Waals surface area (Å²) < 4.78 is 13.4. The standard InChI is InChI=1S/C17H26FN3OS.HI/c1-3-19-16(21-11-17(12-22)6-7-17)20-9-13-4-5-15(18)8-14(13)10-23-2;/h4-5,8,22H,3,6-7,9-12H2,1-2H3,(H2,19,20,21);1H. The van der Waals surface area contributed by atoms with Crippen LogP contribution < -0.4 is 10.6 Å². The number of aliphatic hydroxyl groups excluding tert-OH is 1. The van der Waals surface area contributed by atoms with E-state index in [0.29, 0.717) is 6.54 Å². The maximum absolute atomic E-state index is 13.4. The van der Waals surface area contributed by atoms with E-state index in [2.05, 4.69) is 15.6 Å². The van der Waals surface area contributed by atoms with Crippen LogP contribution in [0.1, 0.15) is 30.9 Å². The number of guanidine groups is 1. The van der Waals surface area contributed by atoms with Crippen LogP contribution in [0.4, 0.5) is 4.39 Å². The van der Waals surface area contributed by atoms with Crippen molar-refractivity contribution in [2.75, 3.05) is 26.0 Å². The van der Waals surface area contributed by atoms with Crippen molar-refractivity contribution < 1.29 is 9.50 Å². The van der Waals surface area contributed by atoms with E-state index in [1.807, 2.05) is 19.2 Å². The molecule has 7 heteroatoms. The Labute approximate surface area is 165 Å². The molecule has 1 aromatic carbocycles. The van der Waals surface area contributed by atoms with Gasteiger partial charge in [0.15, 0.2) is 5.96 Å². The van der Waals surface area contributed by atoms with Gasteiger partial charge in [-0.15, -0.1) is 24.0 Å². The van der Waals surface area contributed by atoms with Crippen molar-refractivity contribution in [1.82, 2.24) is 10.6 Å². The first kappa shape index (κ1) is 21.5. The summed E-state index contributed by atoms with van der Waals surface area (Å²) >= 11 is 1.67. The third-order valence-corrected chi connectivity index (χ3v) is 4.74. The first-order valence-corrected chi connectivity index (χ1v) is 9.41. The molecule has 0 atom stereocenters. The number of nitrogens with one attached hydrogen (secondary N) is 2. The van der Waals surface area contributed by atoms with Crippen LogP contribution in [-0.2, 0) is 12.3 Å². The predicted molar refractivity (Wildman–Crippen MR) is 111 cm³/mol. The molecule has 1 aliphatic rings. The fourth-order valence-corrected chi connectivity index (χ4v) is 2.96. The van der Waals surface area contributed by atoms with Crippen molar-refractivity contribution in [3.8, 4) is 0 Å². The maximum atomic E-state index is 13.4. The Hall–Kier alpha value is -0.540. The lowest BCUT2D eigenvalue weighted by Crippen LogP contribution is -2.41. The molecule has 24 heavy (non-hydrogen) atoms. The van der Waals surface area contributed by atoms with Crippen molar-refractivity contribution in [1.29, 1.82) is 0 Å². The Morgan fingerprint density at radius 3 is 2.67 bits per heavy atom. The van der Waals surface area contributed by atoms with Gasteiger partial charge in [0.25, 0.3) is 0 Å². The van der Waals surface area contributed by atoms with Crippen LogP contribution in [-0.4, -0.2) is 37.0 Å². The van der Waals surface area contributed by atoms with Crippen molar-refractivity contribution in [3.63, 3.8) is 0 Å². The number of rotatable bonds is 8. The quantitative estimate of drug-likeness (QED) is 0.313. The molecule has 136 valence electrons. The molecule has 4 nitrogen and oxygen atoms in total. The smallest absolute Gasteiger partial charge is 0.191 e. The van der Waals surface area contributed by atoms with Gasteiger partial charge in [0.2, 0.25) is 0 Å². The van der Waals surface area contributed by atoms with Crippen LogP contribution in [0.2, 0.25) is 0 Å². The zero-order valence-electron chi connectivity index (χ0n) is 14.3. The monoisotopic (exact) mass is 467 g/mol. The Morgan fingerprint density at radius 2 is 2.08 bits per heavy atom. The average molecular weight is 467 g/mol. The molecule has 0 radical (unpaired) electrons. The van der Waals surface area contributed by atoms with E-state index in [4.69, 9.17) is 0 Å². The van der Waals surface area contributed by atoms with E-state index in [0.717, 1.165) is 48.8 Å². The summed E-state index contributed by atoms with van der Waals surface area (Å²) in [5.41, 5.74) is 2.07. The van der Waals surface area contributed by atoms with E-state index in [1.54, 1.807) is 17.8 Å². The second-order valence-corrected chi connectivity index (χ2v) is 6.92. The number of halogens is 2. The zero-order valence-corrected chi connectivity index (χ0v) is 17.4. The number of aliphatic imine (C=N–C) groups is 1. The summed E-state index contributed by atoms with van der Waals surface area (Å²) in [6.07, 6.45) is 4.13. The molecule has 0 amide bonds. The first-order chi connectivity index (χ1) is 11.1. The first-order valence-electron chi connectivity index (χ1n) is 8.02. The lowest BCUT2D eigenvalue weighted by Gasteiger charge is -2.16. The molecule has 0 saturated heterocycles. The Morgan fingerprint density at radius 1 is 1.33 bits per heavy atom. The van der Waals surface area contributed by atoms with Crippen LogP contribution in [0.5, 0.6) is 0 Å². The van der Waals surface area contributed by atoms with Crippen LogP contribution >= 0.6 is 35.7 Å². The molecular formula is C17H27FIN3OS. The van der Waals surface area contributed by atoms with Gasteiger partial charge in [-0.2, -0.15) is 11.8 Å². The SMILES string of the molecule is CCNC(=NCc1ccc(F)cc1CSC)NCC1(CO)CC1.I. The number of benzene rings is 1. The van der Waals surface area contributed by atoms with Gasteiger partial charge in [-0.25, -0.2) is 9.38 Å². The van der Waals surface area contributed by atoms with Crippen molar-refractivity contribution in [2.24, 2.45) is 10.4 Å². The normalized spacial score (nSPS) is 15.6. The molecule has 0 spiro atoms. The fraction of sp³-hybridized carbons (Fsp3) is 0.588. The van der Waals surface area contributed by atoms with E-state index < -0.39 is 0 Å². The number of hydrogen-bond acceptors (Lipinski definition) is 3. The van der Waals surface area contributed by atoms with Gasteiger partial charge in [0, 0.05) is 24.3 Å². The van der Waals surface area contributed by atoms with Gasteiger partial charge >= 0.3 is 0 Å². The number of aliphatic hydroxyl groups is 1. The minimum atomic E-state index is -0.203. The molecule has 2 rings (SSSR count). The molecule has 0 heterocycles. The molecular weight excluding hydrogens is 440 g/mol. The average Bonchev–Trinajstić information content (AvgIpc) is 3.32. The summed E-state index contributed by atoms with van der Waals surface area (Å²) in [4.78, 5) is 4.60. The van der Waals surface area contributed by atoms with Gasteiger partial charge in [-0.3, -0.25) is 0 Å². The molecule has 1 aliphatic carbocycles. The van der Waals surface area contributed by atoms with E-state index in [-0.39, 0.29) is 41.8 Å². The highest BCUT2D eigenvalue weighted by Gasteiger charge is 2.41. The largest absolute Gasteiger partial charge is 0.396 e. The fourth-order valence-electron chi connectivity index (χ4n) is 2.38. The lowest BCUT2D eigenvalue weighted by molar-refractivity contribution is 0.212. The summed E-state index contributed by atoms with van der Waals surface area (Å²) in [5.74, 6) is 1.32. The van der Waals surface area contributed by atoms with Crippen molar-refractivity contribution in [3.05, 3.63) is 35.1 Å². The van der Waals surface area contributed by atoms with Gasteiger partial charge in [-0.1, -0.05) is 6.07 Å². The van der Waals surface area contributed by atoms with E-state index in [9.17, 15) is 9.50 Å². The molecule has 1 saturated carbocycles. The third-order valence-electron chi connectivity index (χ3n) is 4.14. The topological polar surface area (TPSA) is 56.7 Å². The molecule has 0 aliphatic heterocycles. The highest BCUT2D eigenvalue weighted by atomic mass is 127. The highest BCUT2D eigenvalue weighted by Crippen LogP contribution is 2.44. The van der Waals surface area contributed by atoms with E-state index in [1.165, 1.54) is 6.07 Å². The lowest BCUT2D eigenvalue weighted by atomic mass is 10.1. The predicted octanol–water partition coefficient (Wildman–Crippen LogP) is 3.13. The maximum Gasteiger partial charge on any atom is 0.191 e. The van der Waals surface area contributed by atoms with Gasteiger partial charge < -0.3 is 15.7 Å². The number of nitrogens with zero attached hydrogens (tertiary/aromatic N) is 1. The second kappa shape index (κ2) is 10.5. The van der Waals surface area contributed by atoms with Gasteiger partial charge in [0.1, 0.15) is 5.82 Å². The second-order valence-electron chi connectivity index (χ2n) is 6.05. The highest BCUT2D eigenvalue weighted by molar-refractivity contribution is 14.0. The summed E-state index contributed by atoms with van der Waals surface area (Å²) in [7, 11) is 0. The molecule has 1 fully saturated rings. The zero-order chi connectivity index (χ0) is 16.7. The Bertz CT molecular complexity index is 553. The minimum Gasteiger partial charge on any atom is -0.396 e. The molecule has 3 N–H and O–H groups in total.